The van der Waals surface area contributed by atoms with Gasteiger partial charge in [-0.15, -0.1) is 0 Å². The molecule has 0 aromatic heterocycles. The van der Waals surface area contributed by atoms with Crippen LogP contribution >= 0.6 is 0 Å². The van der Waals surface area contributed by atoms with E-state index in [9.17, 15) is 19.2 Å². The predicted octanol–water partition coefficient (Wildman–Crippen LogP) is 1.56. The zero-order valence-corrected chi connectivity index (χ0v) is 24.0. The van der Waals surface area contributed by atoms with Crippen LogP contribution in [0.2, 0.25) is 0 Å². The zero-order valence-electron chi connectivity index (χ0n) is 24.0. The van der Waals surface area contributed by atoms with E-state index in [1.165, 1.54) is 4.90 Å². The molecule has 1 aliphatic heterocycles. The number of nitrogens with zero attached hydrogens (tertiary/aromatic N) is 1. The highest BCUT2D eigenvalue weighted by molar-refractivity contribution is 5.94. The van der Waals surface area contributed by atoms with Crippen molar-refractivity contribution in [2.45, 2.75) is 70.2 Å². The molecule has 2 aliphatic rings. The Morgan fingerprint density at radius 1 is 1.02 bits per heavy atom. The van der Waals surface area contributed by atoms with Gasteiger partial charge in [0.25, 0.3) is 0 Å². The first kappa shape index (κ1) is 30.0. The van der Waals surface area contributed by atoms with Crippen LogP contribution in [-0.4, -0.2) is 72.9 Å². The van der Waals surface area contributed by atoms with Crippen molar-refractivity contribution in [3.63, 3.8) is 0 Å². The maximum absolute atomic E-state index is 13.5. The molecule has 0 radical (unpaired) electrons. The normalized spacial score (nSPS) is 25.1. The Balaban J connectivity index is 1.56. The molecular formula is C31H41N5O5. The van der Waals surface area contributed by atoms with Crippen LogP contribution in [0.25, 0.3) is 0 Å². The summed E-state index contributed by atoms with van der Waals surface area (Å²) in [6, 6.07) is 12.4. The van der Waals surface area contributed by atoms with Crippen molar-refractivity contribution in [3.8, 4) is 5.75 Å². The number of hydrogen-bond donors (Lipinski definition) is 4. The van der Waals surface area contributed by atoms with E-state index < -0.39 is 29.9 Å². The summed E-state index contributed by atoms with van der Waals surface area (Å²) in [5.74, 6) is -0.440. The number of amides is 4. The molecular weight excluding hydrogens is 522 g/mol. The first-order valence-corrected chi connectivity index (χ1v) is 14.4. The van der Waals surface area contributed by atoms with Gasteiger partial charge in [0.2, 0.25) is 23.6 Å². The Morgan fingerprint density at radius 3 is 2.41 bits per heavy atom. The lowest BCUT2D eigenvalue weighted by molar-refractivity contribution is -0.141. The highest BCUT2D eigenvalue weighted by Gasteiger charge is 2.39. The lowest BCUT2D eigenvalue weighted by Gasteiger charge is -2.31. The molecule has 0 unspecified atom stereocenters. The molecule has 1 fully saturated rings. The van der Waals surface area contributed by atoms with Crippen LogP contribution < -0.4 is 26.4 Å². The third kappa shape index (κ3) is 8.07. The van der Waals surface area contributed by atoms with Crippen molar-refractivity contribution in [1.82, 2.24) is 20.9 Å². The summed E-state index contributed by atoms with van der Waals surface area (Å²) >= 11 is 0. The third-order valence-corrected chi connectivity index (χ3v) is 7.83. The number of rotatable bonds is 4. The average Bonchev–Trinajstić information content (AvgIpc) is 3.80. The minimum absolute atomic E-state index is 0.160. The second-order valence-corrected chi connectivity index (χ2v) is 11.1. The molecule has 1 heterocycles. The summed E-state index contributed by atoms with van der Waals surface area (Å²) in [6.07, 6.45) is 3.33. The smallest absolute Gasteiger partial charge is 0.248 e. The fourth-order valence-electron chi connectivity index (χ4n) is 5.00. The van der Waals surface area contributed by atoms with Crippen LogP contribution in [-0.2, 0) is 27.2 Å². The number of likely N-dealkylation sites (N-methyl/N-ethyl adjacent to an activating group) is 1. The highest BCUT2D eigenvalue weighted by atomic mass is 16.5. The summed E-state index contributed by atoms with van der Waals surface area (Å²) in [5.41, 5.74) is 7.51. The standard InChI is InChI=1S/C31H41N5O5/c1-19-18-34-27(23-14-15-23)31(40)36(3)20(2)29(38)35-25(17-21-10-12-24(13-11-21)28(32)37)30(39)33-16-6-8-22-7-4-5-9-26(22)41-19/h4-5,7,9-13,19-20,23,25,27,34H,6,8,14-18H2,1-3H3,(H2,32,37)(H,33,39)(H,35,38)/t19-,20-,25-,27+/m1/s1. The number of carbonyl (C=O) groups excluding carboxylic acids is 4. The predicted molar refractivity (Wildman–Crippen MR) is 155 cm³/mol. The lowest BCUT2D eigenvalue weighted by atomic mass is 10.0. The number of benzene rings is 2. The number of hydrogen-bond acceptors (Lipinski definition) is 6. The van der Waals surface area contributed by atoms with Gasteiger partial charge < -0.3 is 31.3 Å². The van der Waals surface area contributed by atoms with Gasteiger partial charge >= 0.3 is 0 Å². The molecule has 4 atom stereocenters. The van der Waals surface area contributed by atoms with Gasteiger partial charge in [0, 0.05) is 32.1 Å². The van der Waals surface area contributed by atoms with E-state index >= 15 is 0 Å². The first-order valence-electron chi connectivity index (χ1n) is 14.4. The van der Waals surface area contributed by atoms with E-state index in [2.05, 4.69) is 16.0 Å². The quantitative estimate of drug-likeness (QED) is 0.445. The van der Waals surface area contributed by atoms with Gasteiger partial charge in [-0.05, 0) is 74.8 Å². The summed E-state index contributed by atoms with van der Waals surface area (Å²) in [5, 5.41) is 9.21. The summed E-state index contributed by atoms with van der Waals surface area (Å²) in [7, 11) is 1.62. The van der Waals surface area contributed by atoms with Gasteiger partial charge in [0.05, 0.1) is 6.04 Å². The zero-order chi connectivity index (χ0) is 29.5. The van der Waals surface area contributed by atoms with Gasteiger partial charge in [-0.1, -0.05) is 30.3 Å². The van der Waals surface area contributed by atoms with E-state index in [-0.39, 0.29) is 30.3 Å². The topological polar surface area (TPSA) is 143 Å². The number of nitrogens with two attached hydrogens (primary N) is 1. The Bertz CT molecular complexity index is 1250. The molecule has 4 rings (SSSR count). The number of nitrogens with one attached hydrogen (secondary N) is 3. The average molecular weight is 564 g/mol. The monoisotopic (exact) mass is 563 g/mol. The molecule has 1 saturated carbocycles. The fraction of sp³-hybridized carbons (Fsp3) is 0.484. The van der Waals surface area contributed by atoms with E-state index in [0.29, 0.717) is 31.5 Å². The van der Waals surface area contributed by atoms with E-state index in [1.54, 1.807) is 38.2 Å². The second-order valence-electron chi connectivity index (χ2n) is 11.1. The number of para-hydroxylation sites is 1. The largest absolute Gasteiger partial charge is 0.489 e. The van der Waals surface area contributed by atoms with Crippen molar-refractivity contribution < 1.29 is 23.9 Å². The molecule has 1 aliphatic carbocycles. The molecule has 10 heteroatoms. The molecule has 220 valence electrons. The molecule has 0 spiro atoms. The van der Waals surface area contributed by atoms with E-state index in [1.807, 2.05) is 31.2 Å². The lowest BCUT2D eigenvalue weighted by Crippen LogP contribution is -2.57. The van der Waals surface area contributed by atoms with Crippen molar-refractivity contribution in [2.24, 2.45) is 11.7 Å². The van der Waals surface area contributed by atoms with Crippen LogP contribution in [0.3, 0.4) is 0 Å². The number of carbonyl (C=O) groups is 4. The molecule has 10 nitrogen and oxygen atoms in total. The van der Waals surface area contributed by atoms with Crippen molar-refractivity contribution in [2.75, 3.05) is 20.1 Å². The Kier molecular flexibility index (Phi) is 9.99. The van der Waals surface area contributed by atoms with Gasteiger partial charge in [0.15, 0.2) is 0 Å². The molecule has 5 N–H and O–H groups in total. The van der Waals surface area contributed by atoms with Crippen LogP contribution in [0.4, 0.5) is 0 Å². The van der Waals surface area contributed by atoms with Crippen molar-refractivity contribution in [3.05, 3.63) is 65.2 Å². The fourth-order valence-corrected chi connectivity index (χ4v) is 5.00. The minimum atomic E-state index is -0.874. The van der Waals surface area contributed by atoms with Gasteiger partial charge in [0.1, 0.15) is 23.9 Å². The molecule has 4 amide bonds. The SMILES string of the molecule is C[C@@H]1CN[C@@H](C2CC2)C(=O)N(C)[C@H](C)C(=O)N[C@H](Cc2ccc(C(N)=O)cc2)C(=O)NCCCc2ccccc2O1. The number of fused-ring (bicyclic) bond motifs is 1. The van der Waals surface area contributed by atoms with E-state index in [4.69, 9.17) is 10.5 Å². The van der Waals surface area contributed by atoms with E-state index in [0.717, 1.165) is 29.7 Å². The molecule has 2 aromatic rings. The third-order valence-electron chi connectivity index (χ3n) is 7.83. The van der Waals surface area contributed by atoms with Gasteiger partial charge in [-0.3, -0.25) is 19.2 Å². The maximum atomic E-state index is 13.5. The maximum Gasteiger partial charge on any atom is 0.248 e. The first-order chi connectivity index (χ1) is 19.6. The van der Waals surface area contributed by atoms with Crippen LogP contribution in [0.1, 0.15) is 54.6 Å². The molecule has 2 aromatic carbocycles. The molecule has 0 saturated heterocycles. The number of ether oxygens (including phenoxy) is 1. The Hall–Kier alpha value is -3.92. The summed E-state index contributed by atoms with van der Waals surface area (Å²) < 4.78 is 6.25. The molecule has 41 heavy (non-hydrogen) atoms. The summed E-state index contributed by atoms with van der Waals surface area (Å²) in [4.78, 5) is 53.1. The Labute approximate surface area is 241 Å². The van der Waals surface area contributed by atoms with Crippen molar-refractivity contribution >= 4 is 23.6 Å². The minimum Gasteiger partial charge on any atom is -0.489 e. The molecule has 0 bridgehead atoms. The van der Waals surface area contributed by atoms with Gasteiger partial charge in [-0.2, -0.15) is 0 Å². The van der Waals surface area contributed by atoms with Crippen LogP contribution in [0.15, 0.2) is 48.5 Å². The van der Waals surface area contributed by atoms with Crippen LogP contribution in [0.5, 0.6) is 5.75 Å². The summed E-state index contributed by atoms with van der Waals surface area (Å²) in [6.45, 7) is 4.53. The van der Waals surface area contributed by atoms with Crippen molar-refractivity contribution in [1.29, 1.82) is 0 Å². The van der Waals surface area contributed by atoms with Gasteiger partial charge in [-0.25, -0.2) is 0 Å². The Morgan fingerprint density at radius 2 is 1.73 bits per heavy atom. The second kappa shape index (κ2) is 13.6. The van der Waals surface area contributed by atoms with Crippen LogP contribution in [0, 0.1) is 5.92 Å². The number of aryl methyl sites for hydroxylation is 1. The highest BCUT2D eigenvalue weighted by Crippen LogP contribution is 2.33. The number of primary amides is 1.